The van der Waals surface area contributed by atoms with Crippen LogP contribution in [0, 0.1) is 0 Å². The summed E-state index contributed by atoms with van der Waals surface area (Å²) in [6, 6.07) is 4.50. The van der Waals surface area contributed by atoms with Gasteiger partial charge in [0.2, 0.25) is 0 Å². The fourth-order valence-corrected chi connectivity index (χ4v) is 1.39. The third-order valence-electron chi connectivity index (χ3n) is 1.47. The standard InChI is InChI=1S/C9H9BrO3/c1-2-13-8-4-3-6(9(11)12)5-7(8)10/h3-5H,2H2,1H3,(H,11,12)/p-1. The molecule has 0 aliphatic heterocycles. The number of carboxylic acids is 1. The van der Waals surface area contributed by atoms with E-state index in [1.807, 2.05) is 6.92 Å². The van der Waals surface area contributed by atoms with Crippen LogP contribution in [0.4, 0.5) is 0 Å². The second-order valence-electron chi connectivity index (χ2n) is 2.37. The molecule has 70 valence electrons. The summed E-state index contributed by atoms with van der Waals surface area (Å²) in [5, 5.41) is 10.4. The molecule has 4 heteroatoms. The molecule has 3 nitrogen and oxygen atoms in total. The van der Waals surface area contributed by atoms with E-state index in [1.165, 1.54) is 12.1 Å². The van der Waals surface area contributed by atoms with Crippen LogP contribution in [0.3, 0.4) is 0 Å². The number of carbonyl (C=O) groups excluding carboxylic acids is 1. The number of benzene rings is 1. The Morgan fingerprint density at radius 3 is 2.77 bits per heavy atom. The van der Waals surface area contributed by atoms with E-state index in [4.69, 9.17) is 4.74 Å². The molecule has 0 aliphatic carbocycles. The molecule has 0 saturated heterocycles. The van der Waals surface area contributed by atoms with Gasteiger partial charge >= 0.3 is 0 Å². The van der Waals surface area contributed by atoms with Crippen molar-refractivity contribution < 1.29 is 14.6 Å². The molecule has 0 fully saturated rings. The molecule has 0 radical (unpaired) electrons. The summed E-state index contributed by atoms with van der Waals surface area (Å²) in [7, 11) is 0. The number of halogens is 1. The number of aromatic carboxylic acids is 1. The molecule has 0 aliphatic rings. The summed E-state index contributed by atoms with van der Waals surface area (Å²) in [6.45, 7) is 2.41. The van der Waals surface area contributed by atoms with Crippen LogP contribution in [0.1, 0.15) is 17.3 Å². The molecule has 1 aromatic rings. The average Bonchev–Trinajstić information content (AvgIpc) is 2.08. The Balaban J connectivity index is 2.98. The van der Waals surface area contributed by atoms with E-state index in [0.717, 1.165) is 0 Å². The van der Waals surface area contributed by atoms with Crippen LogP contribution in [0.25, 0.3) is 0 Å². The van der Waals surface area contributed by atoms with Crippen LogP contribution in [-0.4, -0.2) is 12.6 Å². The van der Waals surface area contributed by atoms with E-state index in [0.29, 0.717) is 16.8 Å². The molecule has 0 aromatic heterocycles. The molecule has 0 spiro atoms. The summed E-state index contributed by atoms with van der Waals surface area (Å²) in [4.78, 5) is 10.4. The van der Waals surface area contributed by atoms with E-state index >= 15 is 0 Å². The Hall–Kier alpha value is -1.03. The largest absolute Gasteiger partial charge is 0.545 e. The van der Waals surface area contributed by atoms with E-state index < -0.39 is 5.97 Å². The van der Waals surface area contributed by atoms with Gasteiger partial charge in [-0.1, -0.05) is 0 Å². The SMILES string of the molecule is CCOc1ccc(C(=O)[O-])cc1Br. The summed E-state index contributed by atoms with van der Waals surface area (Å²) in [5.41, 5.74) is 0.135. The van der Waals surface area contributed by atoms with Crippen molar-refractivity contribution in [1.82, 2.24) is 0 Å². The Morgan fingerprint density at radius 2 is 2.31 bits per heavy atom. The molecule has 0 atom stereocenters. The normalized spacial score (nSPS) is 9.69. The predicted molar refractivity (Wildman–Crippen MR) is 49.6 cm³/mol. The highest BCUT2D eigenvalue weighted by molar-refractivity contribution is 9.10. The van der Waals surface area contributed by atoms with E-state index in [9.17, 15) is 9.90 Å². The van der Waals surface area contributed by atoms with E-state index in [1.54, 1.807) is 6.07 Å². The maximum absolute atomic E-state index is 10.4. The molecule has 0 amide bonds. The van der Waals surface area contributed by atoms with Crippen LogP contribution >= 0.6 is 15.9 Å². The van der Waals surface area contributed by atoms with Gasteiger partial charge in [-0.2, -0.15) is 0 Å². The van der Waals surface area contributed by atoms with E-state index in [2.05, 4.69) is 15.9 Å². The highest BCUT2D eigenvalue weighted by atomic mass is 79.9. The number of hydrogen-bond donors (Lipinski definition) is 0. The van der Waals surface area contributed by atoms with Gasteiger partial charge < -0.3 is 14.6 Å². The third-order valence-corrected chi connectivity index (χ3v) is 2.09. The zero-order valence-electron chi connectivity index (χ0n) is 7.04. The molecule has 0 unspecified atom stereocenters. The lowest BCUT2D eigenvalue weighted by Gasteiger charge is -2.08. The van der Waals surface area contributed by atoms with Gasteiger partial charge in [-0.3, -0.25) is 0 Å². The molecular formula is C9H8BrO3-. The molecule has 0 bridgehead atoms. The maximum atomic E-state index is 10.4. The first-order valence-electron chi connectivity index (χ1n) is 3.79. The fourth-order valence-electron chi connectivity index (χ4n) is 0.900. The Bertz CT molecular complexity index is 323. The van der Waals surface area contributed by atoms with Crippen molar-refractivity contribution in [1.29, 1.82) is 0 Å². The maximum Gasteiger partial charge on any atom is 0.133 e. The first-order chi connectivity index (χ1) is 6.15. The molecule has 1 aromatic carbocycles. The van der Waals surface area contributed by atoms with Gasteiger partial charge in [-0.05, 0) is 46.6 Å². The van der Waals surface area contributed by atoms with Gasteiger partial charge in [0.15, 0.2) is 0 Å². The highest BCUT2D eigenvalue weighted by Gasteiger charge is 2.01. The van der Waals surface area contributed by atoms with Crippen molar-refractivity contribution in [2.24, 2.45) is 0 Å². The van der Waals surface area contributed by atoms with Crippen molar-refractivity contribution in [3.8, 4) is 5.75 Å². The molecule has 0 saturated carbocycles. The highest BCUT2D eigenvalue weighted by Crippen LogP contribution is 2.25. The summed E-state index contributed by atoms with van der Waals surface area (Å²) >= 11 is 3.20. The second-order valence-corrected chi connectivity index (χ2v) is 3.22. The molecular weight excluding hydrogens is 236 g/mol. The van der Waals surface area contributed by atoms with Crippen LogP contribution in [-0.2, 0) is 0 Å². The third kappa shape index (κ3) is 2.45. The van der Waals surface area contributed by atoms with Gasteiger partial charge in [0.05, 0.1) is 17.0 Å². The average molecular weight is 244 g/mol. The van der Waals surface area contributed by atoms with Crippen molar-refractivity contribution in [2.45, 2.75) is 6.92 Å². The smallest absolute Gasteiger partial charge is 0.133 e. The second kappa shape index (κ2) is 4.28. The number of hydrogen-bond acceptors (Lipinski definition) is 3. The van der Waals surface area contributed by atoms with E-state index in [-0.39, 0.29) is 5.56 Å². The fraction of sp³-hybridized carbons (Fsp3) is 0.222. The Labute approximate surface area is 84.5 Å². The molecule has 1 rings (SSSR count). The minimum atomic E-state index is -1.19. The van der Waals surface area contributed by atoms with Crippen LogP contribution in [0.15, 0.2) is 22.7 Å². The number of carboxylic acid groups (broad SMARTS) is 1. The summed E-state index contributed by atoms with van der Waals surface area (Å²) < 4.78 is 5.83. The number of rotatable bonds is 3. The van der Waals surface area contributed by atoms with Gasteiger partial charge in [0.1, 0.15) is 5.75 Å². The topological polar surface area (TPSA) is 49.4 Å². The van der Waals surface area contributed by atoms with Gasteiger partial charge in [-0.25, -0.2) is 0 Å². The van der Waals surface area contributed by atoms with Gasteiger partial charge in [0, 0.05) is 0 Å². The summed E-state index contributed by atoms with van der Waals surface area (Å²) in [6.07, 6.45) is 0. The van der Waals surface area contributed by atoms with Crippen molar-refractivity contribution >= 4 is 21.9 Å². The molecule has 0 N–H and O–H groups in total. The zero-order chi connectivity index (χ0) is 9.84. The van der Waals surface area contributed by atoms with Crippen molar-refractivity contribution in [3.63, 3.8) is 0 Å². The monoisotopic (exact) mass is 243 g/mol. The van der Waals surface area contributed by atoms with Crippen LogP contribution in [0.5, 0.6) is 5.75 Å². The Morgan fingerprint density at radius 1 is 1.62 bits per heavy atom. The van der Waals surface area contributed by atoms with Crippen molar-refractivity contribution in [2.75, 3.05) is 6.61 Å². The van der Waals surface area contributed by atoms with Gasteiger partial charge in [0.25, 0.3) is 0 Å². The minimum Gasteiger partial charge on any atom is -0.545 e. The first kappa shape index (κ1) is 10.1. The minimum absolute atomic E-state index is 0.135. The van der Waals surface area contributed by atoms with Crippen LogP contribution < -0.4 is 9.84 Å². The van der Waals surface area contributed by atoms with Crippen LogP contribution in [0.2, 0.25) is 0 Å². The zero-order valence-corrected chi connectivity index (χ0v) is 8.63. The lowest BCUT2D eigenvalue weighted by molar-refractivity contribution is -0.255. The Kier molecular flexibility index (Phi) is 3.31. The number of ether oxygens (including phenoxy) is 1. The predicted octanol–water partition coefficient (Wildman–Crippen LogP) is 1.21. The lowest BCUT2D eigenvalue weighted by Crippen LogP contribution is -2.22. The van der Waals surface area contributed by atoms with Gasteiger partial charge in [-0.15, -0.1) is 0 Å². The summed E-state index contributed by atoms with van der Waals surface area (Å²) in [5.74, 6) is -0.559. The number of carbonyl (C=O) groups is 1. The lowest BCUT2D eigenvalue weighted by atomic mass is 10.2. The molecule has 13 heavy (non-hydrogen) atoms. The van der Waals surface area contributed by atoms with Crippen molar-refractivity contribution in [3.05, 3.63) is 28.2 Å². The first-order valence-corrected chi connectivity index (χ1v) is 4.58. The molecule has 0 heterocycles. The quantitative estimate of drug-likeness (QED) is 0.802.